The number of halogens is 1. The Morgan fingerprint density at radius 2 is 2.38 bits per heavy atom. The van der Waals surface area contributed by atoms with Gasteiger partial charge in [-0.05, 0) is 19.3 Å². The Bertz CT molecular complexity index is 442. The molecule has 0 aliphatic carbocycles. The van der Waals surface area contributed by atoms with Crippen molar-refractivity contribution in [3.05, 3.63) is 21.6 Å². The molecule has 0 fully saturated rings. The minimum absolute atomic E-state index is 0.133. The van der Waals surface area contributed by atoms with Crippen LogP contribution in [0.4, 0.5) is 5.95 Å². The number of aromatic nitrogens is 2. The van der Waals surface area contributed by atoms with Gasteiger partial charge in [0.2, 0.25) is 5.95 Å². The van der Waals surface area contributed by atoms with Crippen LogP contribution in [0.1, 0.15) is 24.6 Å². The zero-order chi connectivity index (χ0) is 11.5. The number of aryl methyl sites for hydroxylation is 1. The Morgan fingerprint density at radius 1 is 1.56 bits per heavy atom. The predicted molar refractivity (Wildman–Crippen MR) is 68.5 cm³/mol. The summed E-state index contributed by atoms with van der Waals surface area (Å²) in [5.74, 6) is 0.742. The first-order chi connectivity index (χ1) is 7.77. The Labute approximate surface area is 103 Å². The number of hydrogen-bond donors (Lipinski definition) is 1. The maximum atomic E-state index is 12.2. The normalized spacial score (nSPS) is 14.4. The molecule has 1 aliphatic heterocycles. The van der Waals surface area contributed by atoms with E-state index < -0.39 is 0 Å². The van der Waals surface area contributed by atoms with Gasteiger partial charge in [-0.3, -0.25) is 9.36 Å². The van der Waals surface area contributed by atoms with Gasteiger partial charge in [0.1, 0.15) is 0 Å². The van der Waals surface area contributed by atoms with E-state index in [1.54, 1.807) is 4.57 Å². The molecule has 88 valence electrons. The van der Waals surface area contributed by atoms with Gasteiger partial charge in [-0.25, -0.2) is 4.98 Å². The summed E-state index contributed by atoms with van der Waals surface area (Å²) in [5.41, 5.74) is 1.94. The fourth-order valence-electron chi connectivity index (χ4n) is 2.06. The van der Waals surface area contributed by atoms with Crippen LogP contribution >= 0.6 is 15.9 Å². The minimum Gasteiger partial charge on any atom is -0.355 e. The molecule has 0 radical (unpaired) electrons. The Balaban J connectivity index is 2.55. The number of anilines is 1. The molecule has 5 heteroatoms. The van der Waals surface area contributed by atoms with E-state index in [1.165, 1.54) is 0 Å². The van der Waals surface area contributed by atoms with Crippen molar-refractivity contribution < 1.29 is 0 Å². The molecule has 2 heterocycles. The lowest BCUT2D eigenvalue weighted by Gasteiger charge is -2.21. The molecule has 0 aromatic carbocycles. The van der Waals surface area contributed by atoms with Gasteiger partial charge < -0.3 is 5.32 Å². The first-order valence-electron chi connectivity index (χ1n) is 5.70. The van der Waals surface area contributed by atoms with Crippen LogP contribution in [0.5, 0.6) is 0 Å². The van der Waals surface area contributed by atoms with E-state index in [2.05, 4.69) is 26.2 Å². The molecule has 2 rings (SSSR count). The summed E-state index contributed by atoms with van der Waals surface area (Å²) in [4.78, 5) is 16.8. The van der Waals surface area contributed by atoms with Crippen LogP contribution in [0, 0.1) is 0 Å². The Kier molecular flexibility index (Phi) is 3.63. The van der Waals surface area contributed by atoms with Crippen molar-refractivity contribution in [3.63, 3.8) is 0 Å². The summed E-state index contributed by atoms with van der Waals surface area (Å²) in [6, 6.07) is 0. The van der Waals surface area contributed by atoms with E-state index in [0.717, 1.165) is 54.9 Å². The van der Waals surface area contributed by atoms with Crippen molar-refractivity contribution in [3.8, 4) is 0 Å². The summed E-state index contributed by atoms with van der Waals surface area (Å²) in [6.45, 7) is 3.74. The van der Waals surface area contributed by atoms with Crippen molar-refractivity contribution in [2.45, 2.75) is 32.7 Å². The third-order valence-corrected chi connectivity index (χ3v) is 3.27. The summed E-state index contributed by atoms with van der Waals surface area (Å²) >= 11 is 3.39. The third-order valence-electron chi connectivity index (χ3n) is 2.87. The van der Waals surface area contributed by atoms with Crippen LogP contribution in [0.25, 0.3) is 0 Å². The quantitative estimate of drug-likeness (QED) is 0.858. The number of hydrogen-bond acceptors (Lipinski definition) is 3. The van der Waals surface area contributed by atoms with Crippen molar-refractivity contribution in [1.29, 1.82) is 0 Å². The summed E-state index contributed by atoms with van der Waals surface area (Å²) in [5, 5.41) is 4.00. The average Bonchev–Trinajstić information content (AvgIpc) is 2.33. The number of fused-ring (bicyclic) bond motifs is 1. The Morgan fingerprint density at radius 3 is 3.06 bits per heavy atom. The molecule has 4 nitrogen and oxygen atoms in total. The molecular weight excluding hydrogens is 270 g/mol. The van der Waals surface area contributed by atoms with Crippen LogP contribution in [-0.4, -0.2) is 21.4 Å². The average molecular weight is 286 g/mol. The number of nitrogens with zero attached hydrogens (tertiary/aromatic N) is 2. The second-order valence-corrected chi connectivity index (χ2v) is 4.68. The summed E-state index contributed by atoms with van der Waals surface area (Å²) in [6.07, 6.45) is 2.57. The van der Waals surface area contributed by atoms with E-state index in [0.29, 0.717) is 0 Å². The van der Waals surface area contributed by atoms with Crippen LogP contribution < -0.4 is 10.9 Å². The number of alkyl halides is 1. The van der Waals surface area contributed by atoms with Crippen LogP contribution in [0.15, 0.2) is 4.79 Å². The van der Waals surface area contributed by atoms with Gasteiger partial charge in [0.15, 0.2) is 0 Å². The molecule has 0 unspecified atom stereocenters. The van der Waals surface area contributed by atoms with Gasteiger partial charge in [-0.2, -0.15) is 0 Å². The van der Waals surface area contributed by atoms with Crippen molar-refractivity contribution in [2.75, 3.05) is 17.2 Å². The molecule has 0 bridgehead atoms. The molecule has 1 aliphatic rings. The van der Waals surface area contributed by atoms with E-state index >= 15 is 0 Å². The SMILES string of the molecule is CCc1nc2n(c(=O)c1CCBr)CCCN2. The second kappa shape index (κ2) is 4.99. The lowest BCUT2D eigenvalue weighted by atomic mass is 10.1. The van der Waals surface area contributed by atoms with Crippen LogP contribution in [0.2, 0.25) is 0 Å². The standard InChI is InChI=1S/C11H16BrN3O/c1-2-9-8(4-5-12)10(16)15-7-3-6-13-11(15)14-9/h2-7H2,1H3,(H,13,14). The van der Waals surface area contributed by atoms with E-state index in [9.17, 15) is 4.79 Å². The van der Waals surface area contributed by atoms with E-state index in [1.807, 2.05) is 6.92 Å². The molecule has 0 saturated carbocycles. The first-order valence-corrected chi connectivity index (χ1v) is 6.82. The van der Waals surface area contributed by atoms with Crippen molar-refractivity contribution >= 4 is 21.9 Å². The van der Waals surface area contributed by atoms with E-state index in [4.69, 9.17) is 0 Å². The lowest BCUT2D eigenvalue weighted by molar-refractivity contribution is 0.586. The largest absolute Gasteiger partial charge is 0.355 e. The van der Waals surface area contributed by atoms with Crippen molar-refractivity contribution in [1.82, 2.24) is 9.55 Å². The highest BCUT2D eigenvalue weighted by molar-refractivity contribution is 9.09. The van der Waals surface area contributed by atoms with Crippen LogP contribution in [0.3, 0.4) is 0 Å². The minimum atomic E-state index is 0.133. The van der Waals surface area contributed by atoms with Gasteiger partial charge in [0.25, 0.3) is 5.56 Å². The highest BCUT2D eigenvalue weighted by Gasteiger charge is 2.16. The zero-order valence-corrected chi connectivity index (χ0v) is 11.0. The highest BCUT2D eigenvalue weighted by Crippen LogP contribution is 2.13. The highest BCUT2D eigenvalue weighted by atomic mass is 79.9. The monoisotopic (exact) mass is 285 g/mol. The topological polar surface area (TPSA) is 46.9 Å². The molecule has 1 N–H and O–H groups in total. The summed E-state index contributed by atoms with van der Waals surface area (Å²) < 4.78 is 1.76. The molecule has 16 heavy (non-hydrogen) atoms. The number of nitrogens with one attached hydrogen (secondary N) is 1. The second-order valence-electron chi connectivity index (χ2n) is 3.89. The number of rotatable bonds is 3. The van der Waals surface area contributed by atoms with Gasteiger partial charge in [0, 0.05) is 24.0 Å². The molecule has 0 amide bonds. The molecule has 1 aromatic rings. The molecule has 0 atom stereocenters. The molecular formula is C11H16BrN3O. The maximum absolute atomic E-state index is 12.2. The Hall–Kier alpha value is -0.840. The lowest BCUT2D eigenvalue weighted by Crippen LogP contribution is -2.33. The summed E-state index contributed by atoms with van der Waals surface area (Å²) in [7, 11) is 0. The molecule has 1 aromatic heterocycles. The maximum Gasteiger partial charge on any atom is 0.258 e. The zero-order valence-electron chi connectivity index (χ0n) is 9.42. The van der Waals surface area contributed by atoms with Gasteiger partial charge >= 0.3 is 0 Å². The van der Waals surface area contributed by atoms with Gasteiger partial charge in [-0.15, -0.1) is 0 Å². The first kappa shape index (κ1) is 11.6. The van der Waals surface area contributed by atoms with Gasteiger partial charge in [-0.1, -0.05) is 22.9 Å². The fourth-order valence-corrected chi connectivity index (χ4v) is 2.45. The van der Waals surface area contributed by atoms with Crippen LogP contribution in [-0.2, 0) is 19.4 Å². The van der Waals surface area contributed by atoms with Crippen molar-refractivity contribution in [2.24, 2.45) is 0 Å². The third kappa shape index (κ3) is 2.00. The fraction of sp³-hybridized carbons (Fsp3) is 0.636. The van der Waals surface area contributed by atoms with E-state index in [-0.39, 0.29) is 5.56 Å². The smallest absolute Gasteiger partial charge is 0.258 e. The molecule has 0 spiro atoms. The molecule has 0 saturated heterocycles. The predicted octanol–water partition coefficient (Wildman–Crippen LogP) is 1.56. The van der Waals surface area contributed by atoms with Gasteiger partial charge in [0.05, 0.1) is 5.69 Å².